The number of thiol groups is 1. The number of carboxylic acids is 1. The van der Waals surface area contributed by atoms with Crippen LogP contribution in [0.1, 0.15) is 13.8 Å². The maximum atomic E-state index is 10.4. The largest absolute Gasteiger partial charge is 0.478 e. The van der Waals surface area contributed by atoms with Crippen molar-refractivity contribution in [3.8, 4) is 0 Å². The van der Waals surface area contributed by atoms with Crippen LogP contribution < -0.4 is 0 Å². The van der Waals surface area contributed by atoms with E-state index in [1.165, 1.54) is 14.0 Å². The van der Waals surface area contributed by atoms with E-state index < -0.39 is 17.2 Å². The van der Waals surface area contributed by atoms with Crippen LogP contribution in [0.3, 0.4) is 0 Å². The number of carbonyl (C=O) groups is 1. The molecule has 5 heteroatoms. The Morgan fingerprint density at radius 1 is 1.73 bits per heavy atom. The zero-order chi connectivity index (χ0) is 9.07. The van der Waals surface area contributed by atoms with Crippen LogP contribution >= 0.6 is 12.6 Å². The molecule has 0 amide bonds. The highest BCUT2D eigenvalue weighted by Gasteiger charge is 2.31. The fraction of sp³-hybridized carbons (Fsp3) is 0.833. The van der Waals surface area contributed by atoms with Gasteiger partial charge in [-0.1, -0.05) is 0 Å². The molecule has 1 unspecified atom stereocenters. The average Bonchev–Trinajstić information content (AvgIpc) is 1.86. The molecule has 66 valence electrons. The molecule has 0 aliphatic heterocycles. The van der Waals surface area contributed by atoms with Gasteiger partial charge >= 0.3 is 5.97 Å². The molecule has 0 fully saturated rings. The van der Waals surface area contributed by atoms with Crippen molar-refractivity contribution in [2.75, 3.05) is 7.11 Å². The highest BCUT2D eigenvalue weighted by molar-refractivity contribution is 7.82. The Kier molecular flexibility index (Phi) is 3.85. The molecule has 0 aromatic rings. The van der Waals surface area contributed by atoms with E-state index in [2.05, 4.69) is 12.6 Å². The van der Waals surface area contributed by atoms with Gasteiger partial charge in [0.25, 0.3) is 0 Å². The lowest BCUT2D eigenvalue weighted by atomic mass is 10.4. The van der Waals surface area contributed by atoms with E-state index in [1.807, 2.05) is 0 Å². The monoisotopic (exact) mass is 180 g/mol. The van der Waals surface area contributed by atoms with Crippen LogP contribution in [-0.2, 0) is 14.3 Å². The molecule has 0 aromatic carbocycles. The van der Waals surface area contributed by atoms with Gasteiger partial charge in [0.2, 0.25) is 4.93 Å². The molecule has 0 bridgehead atoms. The first kappa shape index (κ1) is 10.7. The lowest BCUT2D eigenvalue weighted by molar-refractivity contribution is -0.181. The Balaban J connectivity index is 4.01. The van der Waals surface area contributed by atoms with Crippen LogP contribution in [-0.4, -0.2) is 29.4 Å². The molecule has 0 saturated carbocycles. The summed E-state index contributed by atoms with van der Waals surface area (Å²) in [6.07, 6.45) is -0.575. The fourth-order valence-electron chi connectivity index (χ4n) is 0.422. The van der Waals surface area contributed by atoms with Crippen LogP contribution in [0.25, 0.3) is 0 Å². The molecule has 0 saturated heterocycles. The van der Waals surface area contributed by atoms with Gasteiger partial charge in [-0.05, 0) is 13.8 Å². The van der Waals surface area contributed by atoms with E-state index >= 15 is 0 Å². The number of hydrogen-bond donors (Lipinski definition) is 2. The van der Waals surface area contributed by atoms with E-state index in [9.17, 15) is 4.79 Å². The van der Waals surface area contributed by atoms with Gasteiger partial charge in [-0.2, -0.15) is 0 Å². The second-order valence-corrected chi connectivity index (χ2v) is 3.06. The van der Waals surface area contributed by atoms with Crippen molar-refractivity contribution in [1.82, 2.24) is 0 Å². The summed E-state index contributed by atoms with van der Waals surface area (Å²) >= 11 is 3.77. The molecule has 0 aromatic heterocycles. The van der Waals surface area contributed by atoms with Gasteiger partial charge in [0.1, 0.15) is 0 Å². The van der Waals surface area contributed by atoms with Crippen molar-refractivity contribution in [2.45, 2.75) is 25.1 Å². The maximum absolute atomic E-state index is 10.4. The van der Waals surface area contributed by atoms with Gasteiger partial charge in [-0.3, -0.25) is 0 Å². The molecule has 0 aliphatic carbocycles. The molecule has 0 aliphatic rings. The Morgan fingerprint density at radius 3 is 2.45 bits per heavy atom. The predicted octanol–water partition coefficient (Wildman–Crippen LogP) is 0.726. The van der Waals surface area contributed by atoms with Gasteiger partial charge in [0.05, 0.1) is 0 Å². The molecular weight excluding hydrogens is 168 g/mol. The smallest absolute Gasteiger partial charge is 0.346 e. The van der Waals surface area contributed by atoms with Crippen molar-refractivity contribution in [3.05, 3.63) is 0 Å². The Labute approximate surface area is 70.9 Å². The fourth-order valence-corrected chi connectivity index (χ4v) is 0.570. The number of carboxylic acid groups (broad SMARTS) is 1. The third-order valence-corrected chi connectivity index (χ3v) is 1.42. The number of ether oxygens (including phenoxy) is 2. The van der Waals surface area contributed by atoms with Gasteiger partial charge < -0.3 is 14.6 Å². The SMILES string of the molecule is COC(C)O[C@@](C)(S)C(=O)O. The lowest BCUT2D eigenvalue weighted by Gasteiger charge is -2.22. The molecule has 4 nitrogen and oxygen atoms in total. The topological polar surface area (TPSA) is 55.8 Å². The van der Waals surface area contributed by atoms with E-state index in [0.29, 0.717) is 0 Å². The quantitative estimate of drug-likeness (QED) is 0.494. The first-order valence-electron chi connectivity index (χ1n) is 3.06. The van der Waals surface area contributed by atoms with Crippen LogP contribution in [0, 0.1) is 0 Å². The molecule has 2 atom stereocenters. The number of methoxy groups -OCH3 is 1. The van der Waals surface area contributed by atoms with Crippen LogP contribution in [0.5, 0.6) is 0 Å². The second-order valence-electron chi connectivity index (χ2n) is 2.21. The Bertz CT molecular complexity index is 146. The van der Waals surface area contributed by atoms with Crippen molar-refractivity contribution in [3.63, 3.8) is 0 Å². The summed E-state index contributed by atoms with van der Waals surface area (Å²) in [5.41, 5.74) is 0. The summed E-state index contributed by atoms with van der Waals surface area (Å²) in [7, 11) is 1.43. The number of hydrogen-bond acceptors (Lipinski definition) is 4. The molecule has 1 N–H and O–H groups in total. The maximum Gasteiger partial charge on any atom is 0.346 e. The summed E-state index contributed by atoms with van der Waals surface area (Å²) in [6.45, 7) is 2.94. The molecule has 0 spiro atoms. The van der Waals surface area contributed by atoms with Crippen molar-refractivity contribution >= 4 is 18.6 Å². The summed E-state index contributed by atoms with van der Waals surface area (Å²) in [4.78, 5) is 8.92. The van der Waals surface area contributed by atoms with Crippen molar-refractivity contribution in [1.29, 1.82) is 0 Å². The summed E-state index contributed by atoms with van der Waals surface area (Å²) < 4.78 is 9.59. The van der Waals surface area contributed by atoms with Crippen LogP contribution in [0.2, 0.25) is 0 Å². The van der Waals surface area contributed by atoms with Gasteiger partial charge in [-0.15, -0.1) is 12.6 Å². The van der Waals surface area contributed by atoms with Gasteiger partial charge in [0, 0.05) is 7.11 Å². The van der Waals surface area contributed by atoms with Crippen molar-refractivity contribution < 1.29 is 19.4 Å². The minimum Gasteiger partial charge on any atom is -0.478 e. The zero-order valence-electron chi connectivity index (χ0n) is 6.70. The van der Waals surface area contributed by atoms with Crippen LogP contribution in [0.4, 0.5) is 0 Å². The van der Waals surface area contributed by atoms with Crippen molar-refractivity contribution in [2.24, 2.45) is 0 Å². The molecule has 11 heavy (non-hydrogen) atoms. The Hall–Kier alpha value is -0.260. The summed E-state index contributed by atoms with van der Waals surface area (Å²) in [6, 6.07) is 0. The third kappa shape index (κ3) is 3.60. The molecule has 0 rings (SSSR count). The first-order valence-corrected chi connectivity index (χ1v) is 3.51. The van der Waals surface area contributed by atoms with Gasteiger partial charge in [0.15, 0.2) is 6.29 Å². The predicted molar refractivity (Wildman–Crippen MR) is 42.6 cm³/mol. The Morgan fingerprint density at radius 2 is 2.18 bits per heavy atom. The summed E-state index contributed by atoms with van der Waals surface area (Å²) in [5.74, 6) is -1.13. The van der Waals surface area contributed by atoms with E-state index in [-0.39, 0.29) is 0 Å². The molecule has 0 radical (unpaired) electrons. The molecular formula is C6H12O4S. The second kappa shape index (κ2) is 3.94. The minimum atomic E-state index is -1.49. The number of aliphatic carboxylic acids is 1. The zero-order valence-corrected chi connectivity index (χ0v) is 7.59. The minimum absolute atomic E-state index is 0.575. The normalized spacial score (nSPS) is 18.9. The average molecular weight is 180 g/mol. The standard InChI is InChI=1S/C6H12O4S/c1-4(9-3)10-6(2,11)5(7)8/h4,11H,1-3H3,(H,7,8)/t4?,6-/m0/s1. The molecule has 0 heterocycles. The van der Waals surface area contributed by atoms with E-state index in [1.54, 1.807) is 6.92 Å². The highest BCUT2D eigenvalue weighted by atomic mass is 32.1. The highest BCUT2D eigenvalue weighted by Crippen LogP contribution is 2.17. The third-order valence-electron chi connectivity index (χ3n) is 1.12. The number of rotatable bonds is 4. The van der Waals surface area contributed by atoms with E-state index in [4.69, 9.17) is 14.6 Å². The van der Waals surface area contributed by atoms with Gasteiger partial charge in [-0.25, -0.2) is 4.79 Å². The first-order chi connectivity index (χ1) is 4.90. The van der Waals surface area contributed by atoms with E-state index in [0.717, 1.165) is 0 Å². The summed E-state index contributed by atoms with van der Waals surface area (Å²) in [5, 5.41) is 8.53. The van der Waals surface area contributed by atoms with Crippen LogP contribution in [0.15, 0.2) is 0 Å². The lowest BCUT2D eigenvalue weighted by Crippen LogP contribution is -2.35.